The van der Waals surface area contributed by atoms with E-state index in [4.69, 9.17) is 9.84 Å². The van der Waals surface area contributed by atoms with E-state index in [0.29, 0.717) is 13.2 Å². The summed E-state index contributed by atoms with van der Waals surface area (Å²) < 4.78 is 5.52. The molecule has 0 aromatic carbocycles. The van der Waals surface area contributed by atoms with Crippen LogP contribution in [0.2, 0.25) is 0 Å². The zero-order valence-corrected chi connectivity index (χ0v) is 11.5. The molecule has 114 valence electrons. The van der Waals surface area contributed by atoms with Crippen molar-refractivity contribution in [3.05, 3.63) is 0 Å². The second-order valence-corrected chi connectivity index (χ2v) is 5.34. The number of carbonyl (C=O) groups is 2. The van der Waals surface area contributed by atoms with Crippen LogP contribution in [0, 0.1) is 0 Å². The van der Waals surface area contributed by atoms with Crippen LogP contribution in [-0.2, 0) is 9.53 Å². The van der Waals surface area contributed by atoms with E-state index in [1.54, 1.807) is 0 Å². The number of carboxylic acids is 1. The van der Waals surface area contributed by atoms with Crippen LogP contribution in [0.5, 0.6) is 0 Å². The van der Waals surface area contributed by atoms with E-state index in [2.05, 4.69) is 10.2 Å². The minimum Gasteiger partial charge on any atom is -0.480 e. The largest absolute Gasteiger partial charge is 0.480 e. The van der Waals surface area contributed by atoms with E-state index < -0.39 is 24.1 Å². The van der Waals surface area contributed by atoms with Gasteiger partial charge in [0.2, 0.25) is 0 Å². The molecule has 8 heteroatoms. The van der Waals surface area contributed by atoms with Gasteiger partial charge in [0, 0.05) is 32.6 Å². The number of nitrogens with one attached hydrogen (secondary N) is 1. The first-order valence-corrected chi connectivity index (χ1v) is 6.73. The Labute approximate surface area is 117 Å². The molecule has 0 bridgehead atoms. The fraction of sp³-hybridized carbons (Fsp3) is 0.833. The fourth-order valence-corrected chi connectivity index (χ4v) is 2.57. The van der Waals surface area contributed by atoms with Gasteiger partial charge in [0.1, 0.15) is 6.04 Å². The maximum absolute atomic E-state index is 12.0. The number of β-amino-alcohol motifs (C(OH)–C–C–N with tert-alkyl or cyclic N) is 1. The molecule has 3 unspecified atom stereocenters. The number of likely N-dealkylation sites (N-methyl/N-ethyl adjacent to an activating group) is 1. The average Bonchev–Trinajstić information content (AvgIpc) is 2.78. The Morgan fingerprint density at radius 3 is 2.80 bits per heavy atom. The van der Waals surface area contributed by atoms with Crippen LogP contribution in [0.1, 0.15) is 6.42 Å². The van der Waals surface area contributed by atoms with Crippen LogP contribution in [0.15, 0.2) is 0 Å². The van der Waals surface area contributed by atoms with Gasteiger partial charge in [0.05, 0.1) is 18.8 Å². The lowest BCUT2D eigenvalue weighted by Crippen LogP contribution is -2.51. The number of aliphatic hydroxyl groups excluding tert-OH is 1. The first-order valence-electron chi connectivity index (χ1n) is 6.73. The second-order valence-electron chi connectivity index (χ2n) is 5.34. The first-order chi connectivity index (χ1) is 9.47. The molecule has 0 aliphatic carbocycles. The standard InChI is InChI=1S/C12H21N3O5/c1-14-2-3-20-9(7-14)5-13-12(19)15-6-8(16)4-10(15)11(17)18/h8-10,16H,2-7H2,1H3,(H,13,19)(H,17,18). The molecule has 8 nitrogen and oxygen atoms in total. The van der Waals surface area contributed by atoms with Crippen LogP contribution in [0.3, 0.4) is 0 Å². The predicted octanol–water partition coefficient (Wildman–Crippen LogP) is -1.45. The highest BCUT2D eigenvalue weighted by Crippen LogP contribution is 2.18. The average molecular weight is 287 g/mol. The number of carboxylic acid groups (broad SMARTS) is 1. The number of aliphatic carboxylic acids is 1. The minimum absolute atomic E-state index is 0.0498. The van der Waals surface area contributed by atoms with E-state index in [1.807, 2.05) is 7.05 Å². The molecule has 0 radical (unpaired) electrons. The summed E-state index contributed by atoms with van der Waals surface area (Å²) in [5.41, 5.74) is 0. The Bertz CT molecular complexity index is 378. The third kappa shape index (κ3) is 3.59. The van der Waals surface area contributed by atoms with Gasteiger partial charge in [-0.15, -0.1) is 0 Å². The van der Waals surface area contributed by atoms with Crippen molar-refractivity contribution in [3.8, 4) is 0 Å². The third-order valence-corrected chi connectivity index (χ3v) is 3.65. The first kappa shape index (κ1) is 15.0. The van der Waals surface area contributed by atoms with Gasteiger partial charge in [-0.1, -0.05) is 0 Å². The summed E-state index contributed by atoms with van der Waals surface area (Å²) in [7, 11) is 1.98. The van der Waals surface area contributed by atoms with Gasteiger partial charge in [0.25, 0.3) is 0 Å². The Morgan fingerprint density at radius 2 is 2.15 bits per heavy atom. The van der Waals surface area contributed by atoms with E-state index >= 15 is 0 Å². The smallest absolute Gasteiger partial charge is 0.326 e. The number of hydrogen-bond donors (Lipinski definition) is 3. The number of rotatable bonds is 3. The van der Waals surface area contributed by atoms with Crippen LogP contribution < -0.4 is 5.32 Å². The lowest BCUT2D eigenvalue weighted by atomic mass is 10.2. The molecule has 0 aromatic rings. The minimum atomic E-state index is -1.09. The molecule has 2 rings (SSSR count). The molecule has 2 aliphatic rings. The summed E-state index contributed by atoms with van der Waals surface area (Å²) in [5, 5.41) is 21.2. The number of hydrogen-bond acceptors (Lipinski definition) is 5. The Morgan fingerprint density at radius 1 is 1.40 bits per heavy atom. The maximum atomic E-state index is 12.0. The van der Waals surface area contributed by atoms with Gasteiger partial charge in [-0.2, -0.15) is 0 Å². The number of ether oxygens (including phenoxy) is 1. The number of likely N-dealkylation sites (tertiary alicyclic amines) is 1. The summed E-state index contributed by atoms with van der Waals surface area (Å²) in [4.78, 5) is 26.3. The molecular weight excluding hydrogens is 266 g/mol. The van der Waals surface area contributed by atoms with Crippen molar-refractivity contribution in [2.45, 2.75) is 24.7 Å². The van der Waals surface area contributed by atoms with Crippen molar-refractivity contribution in [2.24, 2.45) is 0 Å². The van der Waals surface area contributed by atoms with Crippen molar-refractivity contribution >= 4 is 12.0 Å². The van der Waals surface area contributed by atoms with Gasteiger partial charge in [-0.3, -0.25) is 0 Å². The molecule has 2 aliphatic heterocycles. The summed E-state index contributed by atoms with van der Waals surface area (Å²) in [5.74, 6) is -1.09. The molecule has 0 spiro atoms. The van der Waals surface area contributed by atoms with Gasteiger partial charge in [0.15, 0.2) is 0 Å². The maximum Gasteiger partial charge on any atom is 0.326 e. The summed E-state index contributed by atoms with van der Waals surface area (Å²) in [6.07, 6.45) is -0.793. The number of amides is 2. The molecule has 2 fully saturated rings. The van der Waals surface area contributed by atoms with Crippen molar-refractivity contribution in [2.75, 3.05) is 39.8 Å². The summed E-state index contributed by atoms with van der Waals surface area (Å²) in [6, 6.07) is -1.43. The van der Waals surface area contributed by atoms with E-state index in [-0.39, 0.29) is 19.1 Å². The molecule has 2 heterocycles. The van der Waals surface area contributed by atoms with Crippen molar-refractivity contribution < 1.29 is 24.5 Å². The van der Waals surface area contributed by atoms with E-state index in [1.165, 1.54) is 4.90 Å². The molecule has 0 aromatic heterocycles. The van der Waals surface area contributed by atoms with Gasteiger partial charge in [-0.25, -0.2) is 9.59 Å². The zero-order chi connectivity index (χ0) is 14.7. The molecule has 2 saturated heterocycles. The van der Waals surface area contributed by atoms with Crippen LogP contribution in [0.4, 0.5) is 4.79 Å². The molecule has 3 N–H and O–H groups in total. The number of aliphatic hydroxyl groups is 1. The molecule has 2 amide bonds. The molecule has 3 atom stereocenters. The topological polar surface area (TPSA) is 102 Å². The van der Waals surface area contributed by atoms with Crippen LogP contribution in [-0.4, -0.2) is 90.1 Å². The van der Waals surface area contributed by atoms with E-state index in [0.717, 1.165) is 13.1 Å². The second kappa shape index (κ2) is 6.38. The SMILES string of the molecule is CN1CCOC(CNC(=O)N2CC(O)CC2C(=O)O)C1. The predicted molar refractivity (Wildman–Crippen MR) is 69.4 cm³/mol. The monoisotopic (exact) mass is 287 g/mol. The van der Waals surface area contributed by atoms with Gasteiger partial charge in [-0.05, 0) is 7.05 Å². The lowest BCUT2D eigenvalue weighted by molar-refractivity contribution is -0.141. The molecule has 0 saturated carbocycles. The van der Waals surface area contributed by atoms with Crippen LogP contribution in [0.25, 0.3) is 0 Å². The van der Waals surface area contributed by atoms with Gasteiger partial charge < -0.3 is 30.1 Å². The number of morpholine rings is 1. The van der Waals surface area contributed by atoms with Crippen LogP contribution >= 0.6 is 0 Å². The Balaban J connectivity index is 1.83. The Kier molecular flexibility index (Phi) is 4.79. The Hall–Kier alpha value is -1.38. The summed E-state index contributed by atoms with van der Waals surface area (Å²) >= 11 is 0. The van der Waals surface area contributed by atoms with Crippen molar-refractivity contribution in [1.82, 2.24) is 15.1 Å². The summed E-state index contributed by atoms with van der Waals surface area (Å²) in [6.45, 7) is 2.60. The highest BCUT2D eigenvalue weighted by Gasteiger charge is 2.39. The van der Waals surface area contributed by atoms with Crippen molar-refractivity contribution in [3.63, 3.8) is 0 Å². The highest BCUT2D eigenvalue weighted by atomic mass is 16.5. The highest BCUT2D eigenvalue weighted by molar-refractivity contribution is 5.83. The normalized spacial score (nSPS) is 31.3. The number of nitrogens with zero attached hydrogens (tertiary/aromatic N) is 2. The fourth-order valence-electron chi connectivity index (χ4n) is 2.57. The molecule has 20 heavy (non-hydrogen) atoms. The lowest BCUT2D eigenvalue weighted by Gasteiger charge is -2.31. The van der Waals surface area contributed by atoms with Crippen molar-refractivity contribution in [1.29, 1.82) is 0 Å². The van der Waals surface area contributed by atoms with Gasteiger partial charge >= 0.3 is 12.0 Å². The molecular formula is C12H21N3O5. The number of urea groups is 1. The third-order valence-electron chi connectivity index (χ3n) is 3.65. The number of carbonyl (C=O) groups excluding carboxylic acids is 1. The quantitative estimate of drug-likeness (QED) is 0.587. The zero-order valence-electron chi connectivity index (χ0n) is 11.5. The van der Waals surface area contributed by atoms with E-state index in [9.17, 15) is 14.7 Å².